The maximum Gasteiger partial charge on any atom is 0.254 e. The van der Waals surface area contributed by atoms with Crippen molar-refractivity contribution < 1.29 is 22.9 Å². The van der Waals surface area contributed by atoms with E-state index in [1.165, 1.54) is 11.0 Å². The van der Waals surface area contributed by atoms with E-state index in [0.29, 0.717) is 50.0 Å². The van der Waals surface area contributed by atoms with Crippen molar-refractivity contribution in [1.82, 2.24) is 14.6 Å². The maximum atomic E-state index is 14.9. The number of aromatic nitrogens is 2. The number of carbonyl (C=O) groups excluding carboxylic acids is 2. The Morgan fingerprint density at radius 2 is 1.87 bits per heavy atom. The van der Waals surface area contributed by atoms with Crippen molar-refractivity contribution in [1.29, 1.82) is 0 Å². The topological polar surface area (TPSA) is 94.4 Å². The molecule has 1 aliphatic rings. The number of primary amides is 1. The molecule has 0 unspecified atom stereocenters. The second-order valence-electron chi connectivity index (χ2n) is 9.84. The molecule has 2 amide bonds. The van der Waals surface area contributed by atoms with Gasteiger partial charge in [0.15, 0.2) is 0 Å². The molecule has 3 heterocycles. The van der Waals surface area contributed by atoms with Crippen LogP contribution in [-0.2, 0) is 6.54 Å². The van der Waals surface area contributed by atoms with Crippen LogP contribution in [0.2, 0.25) is 5.02 Å². The van der Waals surface area contributed by atoms with E-state index < -0.39 is 17.9 Å². The fraction of sp³-hybridized carbons (Fsp3) is 0.207. The van der Waals surface area contributed by atoms with Crippen LogP contribution in [0.3, 0.4) is 0 Å². The van der Waals surface area contributed by atoms with E-state index >= 15 is 0 Å². The number of amides is 2. The lowest BCUT2D eigenvalue weighted by molar-refractivity contribution is 0.0400. The summed E-state index contributed by atoms with van der Waals surface area (Å²) in [6.45, 7) is 3.78. The summed E-state index contributed by atoms with van der Waals surface area (Å²) in [6.07, 6.45) is -1.03. The number of alkyl halides is 1. The number of hydrogen-bond donors (Lipinski definition) is 1. The van der Waals surface area contributed by atoms with Crippen molar-refractivity contribution in [2.75, 3.05) is 13.1 Å². The molecule has 0 bridgehead atoms. The van der Waals surface area contributed by atoms with Crippen LogP contribution < -0.4 is 5.73 Å². The van der Waals surface area contributed by atoms with E-state index in [0.717, 1.165) is 5.56 Å². The summed E-state index contributed by atoms with van der Waals surface area (Å²) in [7, 11) is 0. The third-order valence-corrected chi connectivity index (χ3v) is 7.50. The van der Waals surface area contributed by atoms with Crippen LogP contribution in [0.15, 0.2) is 53.1 Å². The Morgan fingerprint density at radius 1 is 1.10 bits per heavy atom. The van der Waals surface area contributed by atoms with E-state index in [9.17, 15) is 18.4 Å². The molecule has 198 valence electrons. The van der Waals surface area contributed by atoms with Crippen molar-refractivity contribution >= 4 is 45.2 Å². The number of aryl methyl sites for hydroxylation is 2. The van der Waals surface area contributed by atoms with Gasteiger partial charge in [-0.25, -0.2) is 8.78 Å². The number of rotatable bonds is 5. The summed E-state index contributed by atoms with van der Waals surface area (Å²) >= 11 is 5.98. The minimum absolute atomic E-state index is 0.0435. The van der Waals surface area contributed by atoms with Gasteiger partial charge in [0.1, 0.15) is 17.7 Å². The van der Waals surface area contributed by atoms with Crippen LogP contribution >= 0.6 is 11.6 Å². The summed E-state index contributed by atoms with van der Waals surface area (Å²) in [4.78, 5) is 27.3. The molecule has 0 atom stereocenters. The van der Waals surface area contributed by atoms with Gasteiger partial charge in [-0.3, -0.25) is 9.59 Å². The third kappa shape index (κ3) is 4.13. The number of hydrogen-bond acceptors (Lipinski definition) is 4. The quantitative estimate of drug-likeness (QED) is 0.300. The number of nitrogens with two attached hydrogens (primary N) is 1. The standard InChI is InChI=1S/C29H23ClF2N4O3/c1-14-26(15(2)39-34-14)18-8-22(28(33)37)27-21-7-16(29(38)35-12-20(31)13-35)4-6-24(21)36(25(27)9-18)11-17-3-5-19(30)10-23(17)32/h3-10,20H,11-13H2,1-2H3,(H2,33,37). The Balaban J connectivity index is 1.64. The number of likely N-dealkylation sites (tertiary alicyclic amines) is 1. The summed E-state index contributed by atoms with van der Waals surface area (Å²) in [5, 5.41) is 5.45. The van der Waals surface area contributed by atoms with Gasteiger partial charge in [-0.05, 0) is 61.9 Å². The molecular formula is C29H23ClF2N4O3. The predicted octanol–water partition coefficient (Wildman–Crippen LogP) is 5.80. The van der Waals surface area contributed by atoms with Crippen LogP contribution in [0.25, 0.3) is 32.9 Å². The van der Waals surface area contributed by atoms with Crippen LogP contribution in [0.1, 0.15) is 37.7 Å². The van der Waals surface area contributed by atoms with Crippen molar-refractivity contribution in [2.45, 2.75) is 26.6 Å². The van der Waals surface area contributed by atoms with Gasteiger partial charge in [0.05, 0.1) is 30.8 Å². The monoisotopic (exact) mass is 548 g/mol. The Bertz CT molecular complexity index is 1800. The largest absolute Gasteiger partial charge is 0.366 e. The van der Waals surface area contributed by atoms with Crippen LogP contribution in [0.4, 0.5) is 8.78 Å². The van der Waals surface area contributed by atoms with Crippen LogP contribution in [0, 0.1) is 19.7 Å². The molecule has 1 fully saturated rings. The number of halogens is 3. The second kappa shape index (κ2) is 9.20. The Hall–Kier alpha value is -4.24. The van der Waals surface area contributed by atoms with Crippen LogP contribution in [0.5, 0.6) is 0 Å². The van der Waals surface area contributed by atoms with E-state index in [2.05, 4.69) is 5.16 Å². The van der Waals surface area contributed by atoms with E-state index in [1.807, 2.05) is 10.6 Å². The van der Waals surface area contributed by atoms with Gasteiger partial charge in [0.2, 0.25) is 5.91 Å². The van der Waals surface area contributed by atoms with Crippen molar-refractivity contribution in [3.05, 3.63) is 87.5 Å². The van der Waals surface area contributed by atoms with Gasteiger partial charge in [-0.15, -0.1) is 0 Å². The lowest BCUT2D eigenvalue weighted by Crippen LogP contribution is -2.51. The number of fused-ring (bicyclic) bond motifs is 3. The average molecular weight is 549 g/mol. The zero-order chi connectivity index (χ0) is 27.6. The molecule has 7 nitrogen and oxygen atoms in total. The molecule has 10 heteroatoms. The van der Waals surface area contributed by atoms with Gasteiger partial charge in [-0.1, -0.05) is 22.8 Å². The fourth-order valence-corrected chi connectivity index (χ4v) is 5.51. The summed E-state index contributed by atoms with van der Waals surface area (Å²) < 4.78 is 35.6. The Morgan fingerprint density at radius 3 is 2.51 bits per heavy atom. The molecule has 0 radical (unpaired) electrons. The van der Waals surface area contributed by atoms with E-state index in [1.54, 1.807) is 50.2 Å². The Labute approximate surface area is 226 Å². The lowest BCUT2D eigenvalue weighted by atomic mass is 9.97. The summed E-state index contributed by atoms with van der Waals surface area (Å²) in [6, 6.07) is 13.1. The summed E-state index contributed by atoms with van der Waals surface area (Å²) in [5.74, 6) is -0.865. The average Bonchev–Trinajstić information content (AvgIpc) is 3.38. The minimum atomic E-state index is -1.03. The molecular weight excluding hydrogens is 526 g/mol. The van der Waals surface area contributed by atoms with Crippen molar-refractivity contribution in [2.24, 2.45) is 5.73 Å². The fourth-order valence-electron chi connectivity index (χ4n) is 5.35. The van der Waals surface area contributed by atoms with Gasteiger partial charge in [0.25, 0.3) is 5.91 Å². The molecule has 0 spiro atoms. The molecule has 1 aliphatic heterocycles. The number of benzene rings is 3. The lowest BCUT2D eigenvalue weighted by Gasteiger charge is -2.34. The Kier molecular flexibility index (Phi) is 5.91. The molecule has 39 heavy (non-hydrogen) atoms. The van der Waals surface area contributed by atoms with E-state index in [4.69, 9.17) is 21.9 Å². The zero-order valence-corrected chi connectivity index (χ0v) is 21.9. The SMILES string of the molecule is Cc1noc(C)c1-c1cc(C(N)=O)c2c3cc(C(=O)N4CC(F)C4)ccc3n(Cc3ccc(Cl)cc3F)c2c1. The third-order valence-electron chi connectivity index (χ3n) is 7.27. The molecule has 1 saturated heterocycles. The maximum absolute atomic E-state index is 14.9. The minimum Gasteiger partial charge on any atom is -0.366 e. The van der Waals surface area contributed by atoms with Gasteiger partial charge >= 0.3 is 0 Å². The first-order chi connectivity index (χ1) is 18.6. The molecule has 0 aliphatic carbocycles. The van der Waals surface area contributed by atoms with Crippen molar-refractivity contribution in [3.8, 4) is 11.1 Å². The highest BCUT2D eigenvalue weighted by Crippen LogP contribution is 2.38. The van der Waals surface area contributed by atoms with Crippen LogP contribution in [-0.4, -0.2) is 45.7 Å². The number of carbonyl (C=O) groups is 2. The number of nitrogens with zero attached hydrogens (tertiary/aromatic N) is 3. The molecule has 3 aromatic carbocycles. The smallest absolute Gasteiger partial charge is 0.254 e. The highest BCUT2D eigenvalue weighted by Gasteiger charge is 2.31. The van der Waals surface area contributed by atoms with Gasteiger partial charge in [-0.2, -0.15) is 0 Å². The summed E-state index contributed by atoms with van der Waals surface area (Å²) in [5.41, 5.74) is 10.2. The highest BCUT2D eigenvalue weighted by molar-refractivity contribution is 6.30. The predicted molar refractivity (Wildman–Crippen MR) is 144 cm³/mol. The van der Waals surface area contributed by atoms with Gasteiger partial charge < -0.3 is 19.7 Å². The first-order valence-corrected chi connectivity index (χ1v) is 12.7. The second-order valence-corrected chi connectivity index (χ2v) is 10.3. The first-order valence-electron chi connectivity index (χ1n) is 12.3. The molecule has 2 N–H and O–H groups in total. The normalized spacial score (nSPS) is 13.8. The molecule has 5 aromatic rings. The first kappa shape index (κ1) is 25.1. The molecule has 2 aromatic heterocycles. The van der Waals surface area contributed by atoms with Gasteiger partial charge in [0, 0.05) is 43.6 Å². The highest BCUT2D eigenvalue weighted by atomic mass is 35.5. The zero-order valence-electron chi connectivity index (χ0n) is 21.1. The van der Waals surface area contributed by atoms with Crippen molar-refractivity contribution in [3.63, 3.8) is 0 Å². The molecule has 6 rings (SSSR count). The molecule has 0 saturated carbocycles. The van der Waals surface area contributed by atoms with E-state index in [-0.39, 0.29) is 36.1 Å².